The Balaban J connectivity index is 1.59. The zero-order chi connectivity index (χ0) is 19.6. The monoisotopic (exact) mass is 447 g/mol. The number of nitrogens with zero attached hydrogens (tertiary/aromatic N) is 2. The second-order valence-electron chi connectivity index (χ2n) is 6.14. The van der Waals surface area contributed by atoms with Gasteiger partial charge in [0.05, 0.1) is 10.4 Å². The van der Waals surface area contributed by atoms with E-state index < -0.39 is 10.0 Å². The normalized spacial score (nSPS) is 16.9. The molecule has 1 atom stereocenters. The van der Waals surface area contributed by atoms with Crippen LogP contribution in [0.1, 0.15) is 18.5 Å². The van der Waals surface area contributed by atoms with Crippen LogP contribution in [0, 0.1) is 0 Å². The summed E-state index contributed by atoms with van der Waals surface area (Å²) >= 11 is 13.0. The lowest BCUT2D eigenvalue weighted by molar-refractivity contribution is 0.169. The van der Waals surface area contributed by atoms with Crippen molar-refractivity contribution < 1.29 is 13.2 Å². The van der Waals surface area contributed by atoms with Crippen LogP contribution in [-0.2, 0) is 10.0 Å². The van der Waals surface area contributed by atoms with E-state index >= 15 is 0 Å². The van der Waals surface area contributed by atoms with Crippen molar-refractivity contribution in [3.63, 3.8) is 0 Å². The van der Waals surface area contributed by atoms with Gasteiger partial charge in [0.15, 0.2) is 0 Å². The van der Waals surface area contributed by atoms with Gasteiger partial charge in [-0.25, -0.2) is 13.2 Å². The predicted octanol–water partition coefficient (Wildman–Crippen LogP) is 3.83. The molecule has 1 N–H and O–H groups in total. The first-order valence-corrected chi connectivity index (χ1v) is 11.4. The van der Waals surface area contributed by atoms with Crippen LogP contribution >= 0.6 is 34.5 Å². The van der Waals surface area contributed by atoms with Crippen molar-refractivity contribution in [3.8, 4) is 0 Å². The predicted molar refractivity (Wildman–Crippen MR) is 108 cm³/mol. The number of hydrogen-bond donors (Lipinski definition) is 1. The number of thiophene rings is 1. The topological polar surface area (TPSA) is 69.7 Å². The fourth-order valence-corrected chi connectivity index (χ4v) is 6.23. The molecule has 0 aliphatic carbocycles. The van der Waals surface area contributed by atoms with E-state index in [1.807, 2.05) is 25.1 Å². The van der Waals surface area contributed by atoms with Crippen molar-refractivity contribution in [3.05, 3.63) is 51.3 Å². The molecule has 2 heterocycles. The van der Waals surface area contributed by atoms with Crippen molar-refractivity contribution in [2.45, 2.75) is 17.2 Å². The van der Waals surface area contributed by atoms with Crippen molar-refractivity contribution in [1.82, 2.24) is 14.5 Å². The summed E-state index contributed by atoms with van der Waals surface area (Å²) in [6.45, 7) is 2.98. The van der Waals surface area contributed by atoms with Gasteiger partial charge in [0.2, 0.25) is 0 Å². The molecule has 10 heteroatoms. The Bertz CT molecular complexity index is 925. The Hall–Kier alpha value is -1.32. The minimum atomic E-state index is -3.57. The molecular weight excluding hydrogens is 429 g/mol. The van der Waals surface area contributed by atoms with Gasteiger partial charge in [-0.15, -0.1) is 11.3 Å². The van der Waals surface area contributed by atoms with Crippen LogP contribution in [0.25, 0.3) is 0 Å². The second-order valence-corrected chi connectivity index (χ2v) is 10.4. The summed E-state index contributed by atoms with van der Waals surface area (Å²) in [6.07, 6.45) is 0. The van der Waals surface area contributed by atoms with Gasteiger partial charge < -0.3 is 10.2 Å². The van der Waals surface area contributed by atoms with E-state index in [9.17, 15) is 13.2 Å². The fourth-order valence-electron chi connectivity index (χ4n) is 2.88. The van der Waals surface area contributed by atoms with Crippen LogP contribution in [0.15, 0.2) is 40.6 Å². The van der Waals surface area contributed by atoms with Crippen LogP contribution < -0.4 is 5.32 Å². The zero-order valence-corrected chi connectivity index (χ0v) is 17.7. The number of amides is 2. The number of carbonyl (C=O) groups is 1. The Morgan fingerprint density at radius 1 is 1.11 bits per heavy atom. The van der Waals surface area contributed by atoms with E-state index in [-0.39, 0.29) is 29.4 Å². The Kier molecular flexibility index (Phi) is 6.32. The van der Waals surface area contributed by atoms with Gasteiger partial charge in [0.1, 0.15) is 4.21 Å². The third kappa shape index (κ3) is 4.57. The lowest BCUT2D eigenvalue weighted by Gasteiger charge is -2.34. The average Bonchev–Trinajstić information content (AvgIpc) is 3.09. The molecule has 1 aliphatic rings. The smallest absolute Gasteiger partial charge is 0.317 e. The summed E-state index contributed by atoms with van der Waals surface area (Å²) in [6, 6.07) is 9.93. The quantitative estimate of drug-likeness (QED) is 0.773. The third-order valence-corrected chi connectivity index (χ3v) is 8.32. The third-order valence-electron chi connectivity index (χ3n) is 4.38. The molecule has 0 bridgehead atoms. The first kappa shape index (κ1) is 20.4. The molecule has 3 rings (SSSR count). The van der Waals surface area contributed by atoms with Gasteiger partial charge in [0.25, 0.3) is 10.0 Å². The van der Waals surface area contributed by atoms with E-state index in [4.69, 9.17) is 23.2 Å². The Labute approximate surface area is 172 Å². The molecule has 0 spiro atoms. The molecule has 27 heavy (non-hydrogen) atoms. The fraction of sp³-hybridized carbons (Fsp3) is 0.353. The highest BCUT2D eigenvalue weighted by atomic mass is 35.5. The summed E-state index contributed by atoms with van der Waals surface area (Å²) in [5, 5.41) is 3.51. The molecule has 2 amide bonds. The number of rotatable bonds is 4. The van der Waals surface area contributed by atoms with Gasteiger partial charge in [-0.05, 0) is 30.7 Å². The minimum Gasteiger partial charge on any atom is -0.331 e. The second kappa shape index (κ2) is 8.36. The molecule has 1 aromatic carbocycles. The summed E-state index contributed by atoms with van der Waals surface area (Å²) < 4.78 is 27.3. The van der Waals surface area contributed by atoms with Gasteiger partial charge >= 0.3 is 6.03 Å². The standard InChI is InChI=1S/C17H19Cl2N3O3S2/c1-12(13-4-2-3-5-14(13)18)20-17(23)21-8-10-22(11-9-21)27(24,25)16-7-6-15(19)26-16/h2-7,12H,8-11H2,1H3,(H,20,23). The highest BCUT2D eigenvalue weighted by Gasteiger charge is 2.31. The number of benzene rings is 1. The first-order chi connectivity index (χ1) is 12.8. The van der Waals surface area contributed by atoms with Gasteiger partial charge in [-0.2, -0.15) is 4.31 Å². The highest BCUT2D eigenvalue weighted by Crippen LogP contribution is 2.28. The molecule has 1 fully saturated rings. The summed E-state index contributed by atoms with van der Waals surface area (Å²) in [4.78, 5) is 14.1. The van der Waals surface area contributed by atoms with Crippen molar-refractivity contribution >= 4 is 50.6 Å². The van der Waals surface area contributed by atoms with Gasteiger partial charge in [0, 0.05) is 31.2 Å². The van der Waals surface area contributed by atoms with Crippen molar-refractivity contribution in [1.29, 1.82) is 0 Å². The largest absolute Gasteiger partial charge is 0.331 e. The molecular formula is C17H19Cl2N3O3S2. The number of sulfonamides is 1. The van der Waals surface area contributed by atoms with Crippen LogP contribution in [0.2, 0.25) is 9.36 Å². The van der Waals surface area contributed by atoms with Crippen LogP contribution in [0.5, 0.6) is 0 Å². The summed E-state index contributed by atoms with van der Waals surface area (Å²) in [5.74, 6) is 0. The number of carbonyl (C=O) groups excluding carboxylic acids is 1. The van der Waals surface area contributed by atoms with E-state index in [0.717, 1.165) is 16.9 Å². The van der Waals surface area contributed by atoms with Crippen molar-refractivity contribution in [2.24, 2.45) is 0 Å². The maximum Gasteiger partial charge on any atom is 0.317 e. The molecule has 1 saturated heterocycles. The first-order valence-electron chi connectivity index (χ1n) is 8.34. The lowest BCUT2D eigenvalue weighted by atomic mass is 10.1. The van der Waals surface area contributed by atoms with Gasteiger partial charge in [-0.1, -0.05) is 41.4 Å². The molecule has 0 saturated carbocycles. The molecule has 1 aromatic heterocycles. The zero-order valence-electron chi connectivity index (χ0n) is 14.6. The van der Waals surface area contributed by atoms with E-state index in [0.29, 0.717) is 22.4 Å². The molecule has 146 valence electrons. The SMILES string of the molecule is CC(NC(=O)N1CCN(S(=O)(=O)c2ccc(Cl)s2)CC1)c1ccccc1Cl. The van der Waals surface area contributed by atoms with Crippen LogP contribution in [0.4, 0.5) is 4.79 Å². The molecule has 6 nitrogen and oxygen atoms in total. The van der Waals surface area contributed by atoms with Crippen molar-refractivity contribution in [2.75, 3.05) is 26.2 Å². The average molecular weight is 448 g/mol. The number of hydrogen-bond acceptors (Lipinski definition) is 4. The van der Waals surface area contributed by atoms with Gasteiger partial charge in [-0.3, -0.25) is 0 Å². The molecule has 1 unspecified atom stereocenters. The maximum absolute atomic E-state index is 12.6. The van der Waals surface area contributed by atoms with E-state index in [1.54, 1.807) is 17.0 Å². The summed E-state index contributed by atoms with van der Waals surface area (Å²) in [7, 11) is -3.57. The number of urea groups is 1. The Morgan fingerprint density at radius 3 is 2.37 bits per heavy atom. The molecule has 2 aromatic rings. The number of nitrogens with one attached hydrogen (secondary N) is 1. The van der Waals surface area contributed by atoms with E-state index in [2.05, 4.69) is 5.32 Å². The number of halogens is 2. The lowest BCUT2D eigenvalue weighted by Crippen LogP contribution is -2.53. The number of piperazine rings is 1. The van der Waals surface area contributed by atoms with E-state index in [1.165, 1.54) is 10.4 Å². The maximum atomic E-state index is 12.6. The Morgan fingerprint density at radius 2 is 1.78 bits per heavy atom. The summed E-state index contributed by atoms with van der Waals surface area (Å²) in [5.41, 5.74) is 0.836. The molecule has 0 radical (unpaired) electrons. The highest BCUT2D eigenvalue weighted by molar-refractivity contribution is 7.91. The van der Waals surface area contributed by atoms with Crippen LogP contribution in [0.3, 0.4) is 0 Å². The van der Waals surface area contributed by atoms with Crippen LogP contribution in [-0.4, -0.2) is 49.8 Å². The molecule has 1 aliphatic heterocycles. The minimum absolute atomic E-state index is 0.220.